The minimum atomic E-state index is -0.311. The number of benzene rings is 2. The SMILES string of the molecule is CC(C)(C)c1cc(Br)ccc1OCC(=O)N/N=C/c1c[nH]c2ccccc12. The van der Waals surface area contributed by atoms with Crippen molar-refractivity contribution in [3.05, 3.63) is 64.3 Å². The highest BCUT2D eigenvalue weighted by molar-refractivity contribution is 9.10. The first-order chi connectivity index (χ1) is 12.8. The first-order valence-corrected chi connectivity index (χ1v) is 9.45. The van der Waals surface area contributed by atoms with Crippen LogP contribution in [0.4, 0.5) is 0 Å². The van der Waals surface area contributed by atoms with Crippen LogP contribution in [0.15, 0.2) is 58.2 Å². The molecule has 0 saturated carbocycles. The summed E-state index contributed by atoms with van der Waals surface area (Å²) in [5.74, 6) is 0.385. The smallest absolute Gasteiger partial charge is 0.277 e. The van der Waals surface area contributed by atoms with Gasteiger partial charge in [-0.2, -0.15) is 5.10 Å². The molecule has 27 heavy (non-hydrogen) atoms. The van der Waals surface area contributed by atoms with Crippen molar-refractivity contribution in [2.45, 2.75) is 26.2 Å². The van der Waals surface area contributed by atoms with Crippen LogP contribution in [-0.2, 0) is 10.2 Å². The van der Waals surface area contributed by atoms with Gasteiger partial charge in [0.05, 0.1) is 6.21 Å². The van der Waals surface area contributed by atoms with Gasteiger partial charge in [-0.05, 0) is 29.7 Å². The lowest BCUT2D eigenvalue weighted by atomic mass is 9.86. The van der Waals surface area contributed by atoms with Crippen molar-refractivity contribution in [2.24, 2.45) is 5.10 Å². The molecular weight excluding hydrogens is 406 g/mol. The molecule has 0 aliphatic rings. The fourth-order valence-corrected chi connectivity index (χ4v) is 3.13. The van der Waals surface area contributed by atoms with Crippen molar-refractivity contribution in [3.8, 4) is 5.75 Å². The molecular formula is C21H22BrN3O2. The molecule has 5 nitrogen and oxygen atoms in total. The van der Waals surface area contributed by atoms with Crippen LogP contribution in [0.1, 0.15) is 31.9 Å². The summed E-state index contributed by atoms with van der Waals surface area (Å²) in [5, 5.41) is 5.08. The van der Waals surface area contributed by atoms with Gasteiger partial charge >= 0.3 is 0 Å². The molecule has 2 N–H and O–H groups in total. The molecule has 0 aliphatic carbocycles. The summed E-state index contributed by atoms with van der Waals surface area (Å²) < 4.78 is 6.70. The van der Waals surface area contributed by atoms with Crippen LogP contribution < -0.4 is 10.2 Å². The van der Waals surface area contributed by atoms with Crippen LogP contribution in [0.25, 0.3) is 10.9 Å². The standard InChI is InChI=1S/C21H22BrN3O2/c1-21(2,3)17-10-15(22)8-9-19(17)27-13-20(26)25-24-12-14-11-23-18-7-5-4-6-16(14)18/h4-12,23H,13H2,1-3H3,(H,25,26)/b24-12+. The van der Waals surface area contributed by atoms with E-state index in [1.165, 1.54) is 0 Å². The Balaban J connectivity index is 1.61. The molecule has 3 rings (SSSR count). The van der Waals surface area contributed by atoms with Gasteiger partial charge in [0.15, 0.2) is 6.61 Å². The molecule has 140 valence electrons. The first kappa shape index (κ1) is 19.2. The van der Waals surface area contributed by atoms with Crippen LogP contribution in [0.2, 0.25) is 0 Å². The van der Waals surface area contributed by atoms with E-state index in [4.69, 9.17) is 4.74 Å². The zero-order valence-corrected chi connectivity index (χ0v) is 17.1. The highest BCUT2D eigenvalue weighted by Crippen LogP contribution is 2.33. The Morgan fingerprint density at radius 1 is 1.26 bits per heavy atom. The summed E-state index contributed by atoms with van der Waals surface area (Å²) in [6.07, 6.45) is 3.48. The van der Waals surface area contributed by atoms with Gasteiger partial charge in [0.1, 0.15) is 5.75 Å². The average Bonchev–Trinajstić information content (AvgIpc) is 3.03. The van der Waals surface area contributed by atoms with Gasteiger partial charge in [-0.15, -0.1) is 0 Å². The molecule has 3 aromatic rings. The van der Waals surface area contributed by atoms with Crippen LogP contribution in [0.3, 0.4) is 0 Å². The maximum atomic E-state index is 12.1. The van der Waals surface area contributed by atoms with Crippen LogP contribution >= 0.6 is 15.9 Å². The number of hydrogen-bond acceptors (Lipinski definition) is 3. The minimum Gasteiger partial charge on any atom is -0.483 e. The third-order valence-corrected chi connectivity index (χ3v) is 4.62. The lowest BCUT2D eigenvalue weighted by Gasteiger charge is -2.23. The van der Waals surface area contributed by atoms with Crippen molar-refractivity contribution in [2.75, 3.05) is 6.61 Å². The average molecular weight is 428 g/mol. The number of amides is 1. The maximum Gasteiger partial charge on any atom is 0.277 e. The predicted octanol–water partition coefficient (Wildman–Crippen LogP) is 4.76. The molecule has 1 aromatic heterocycles. The van der Waals surface area contributed by atoms with E-state index in [0.29, 0.717) is 5.75 Å². The number of nitrogens with one attached hydrogen (secondary N) is 2. The minimum absolute atomic E-state index is 0.0942. The number of hydrogen-bond donors (Lipinski definition) is 2. The largest absolute Gasteiger partial charge is 0.483 e. The van der Waals surface area contributed by atoms with Crippen molar-refractivity contribution in [1.29, 1.82) is 0 Å². The zero-order valence-electron chi connectivity index (χ0n) is 15.5. The number of halogens is 1. The third kappa shape index (κ3) is 4.77. The second-order valence-corrected chi connectivity index (χ2v) is 8.18. The van der Waals surface area contributed by atoms with Crippen LogP contribution in [0, 0.1) is 0 Å². The number of hydrazone groups is 1. The number of nitrogens with zero attached hydrogens (tertiary/aromatic N) is 1. The van der Waals surface area contributed by atoms with E-state index in [-0.39, 0.29) is 17.9 Å². The van der Waals surface area contributed by atoms with Gasteiger partial charge in [0.25, 0.3) is 5.91 Å². The lowest BCUT2D eigenvalue weighted by Crippen LogP contribution is -2.25. The third-order valence-electron chi connectivity index (χ3n) is 4.12. The Labute approximate surface area is 166 Å². The number of ether oxygens (including phenoxy) is 1. The molecule has 0 spiro atoms. The van der Waals surface area contributed by atoms with Crippen LogP contribution in [-0.4, -0.2) is 23.7 Å². The number of H-pyrrole nitrogens is 1. The van der Waals surface area contributed by atoms with Crippen molar-refractivity contribution in [3.63, 3.8) is 0 Å². The molecule has 0 fully saturated rings. The zero-order chi connectivity index (χ0) is 19.4. The number of fused-ring (bicyclic) bond motifs is 1. The first-order valence-electron chi connectivity index (χ1n) is 8.65. The molecule has 0 aliphatic heterocycles. The molecule has 0 unspecified atom stereocenters. The van der Waals surface area contributed by atoms with Crippen molar-refractivity contribution in [1.82, 2.24) is 10.4 Å². The summed E-state index contributed by atoms with van der Waals surface area (Å²) in [6.45, 7) is 6.21. The summed E-state index contributed by atoms with van der Waals surface area (Å²) >= 11 is 3.48. The van der Waals surface area contributed by atoms with E-state index in [2.05, 4.69) is 52.2 Å². The molecule has 2 aromatic carbocycles. The Morgan fingerprint density at radius 3 is 2.81 bits per heavy atom. The van der Waals surface area contributed by atoms with Gasteiger partial charge in [-0.25, -0.2) is 5.43 Å². The van der Waals surface area contributed by atoms with E-state index in [0.717, 1.165) is 26.5 Å². The summed E-state index contributed by atoms with van der Waals surface area (Å²) in [4.78, 5) is 15.2. The normalized spacial score (nSPS) is 11.9. The highest BCUT2D eigenvalue weighted by Gasteiger charge is 2.20. The maximum absolute atomic E-state index is 12.1. The second-order valence-electron chi connectivity index (χ2n) is 7.26. The number of carbonyl (C=O) groups is 1. The Morgan fingerprint density at radius 2 is 2.04 bits per heavy atom. The molecule has 0 radical (unpaired) electrons. The van der Waals surface area contributed by atoms with Crippen LogP contribution in [0.5, 0.6) is 5.75 Å². The number of aromatic nitrogens is 1. The molecule has 1 heterocycles. The number of aromatic amines is 1. The Hall–Kier alpha value is -2.60. The van der Waals surface area contributed by atoms with E-state index >= 15 is 0 Å². The van der Waals surface area contributed by atoms with Crippen molar-refractivity contribution < 1.29 is 9.53 Å². The summed E-state index contributed by atoms with van der Waals surface area (Å²) in [5.41, 5.74) is 5.39. The van der Waals surface area contributed by atoms with E-state index in [1.807, 2.05) is 48.7 Å². The van der Waals surface area contributed by atoms with Gasteiger partial charge in [-0.3, -0.25) is 4.79 Å². The predicted molar refractivity (Wildman–Crippen MR) is 112 cm³/mol. The Bertz CT molecular complexity index is 987. The molecule has 0 saturated heterocycles. The lowest BCUT2D eigenvalue weighted by molar-refractivity contribution is -0.123. The quantitative estimate of drug-likeness (QED) is 0.455. The number of rotatable bonds is 5. The van der Waals surface area contributed by atoms with Gasteiger partial charge in [0, 0.05) is 32.7 Å². The molecule has 6 heteroatoms. The molecule has 0 bridgehead atoms. The highest BCUT2D eigenvalue weighted by atomic mass is 79.9. The second kappa shape index (κ2) is 7.96. The van der Waals surface area contributed by atoms with Crippen molar-refractivity contribution >= 4 is 39.0 Å². The van der Waals surface area contributed by atoms with E-state index in [1.54, 1.807) is 6.21 Å². The van der Waals surface area contributed by atoms with Gasteiger partial charge < -0.3 is 9.72 Å². The van der Waals surface area contributed by atoms with E-state index in [9.17, 15) is 4.79 Å². The van der Waals surface area contributed by atoms with E-state index < -0.39 is 0 Å². The monoisotopic (exact) mass is 427 g/mol. The molecule has 1 amide bonds. The number of carbonyl (C=O) groups excluding carboxylic acids is 1. The summed E-state index contributed by atoms with van der Waals surface area (Å²) in [7, 11) is 0. The Kier molecular flexibility index (Phi) is 5.65. The molecule has 0 atom stereocenters. The topological polar surface area (TPSA) is 66.5 Å². The fraction of sp³-hybridized carbons (Fsp3) is 0.238. The summed E-state index contributed by atoms with van der Waals surface area (Å²) in [6, 6.07) is 13.7. The van der Waals surface area contributed by atoms with Gasteiger partial charge in [-0.1, -0.05) is 54.9 Å². The fourth-order valence-electron chi connectivity index (χ4n) is 2.76. The number of para-hydroxylation sites is 1. The van der Waals surface area contributed by atoms with Gasteiger partial charge in [0.2, 0.25) is 0 Å².